The van der Waals surface area contributed by atoms with Gasteiger partial charge in [-0.1, -0.05) is 48.5 Å². The Balaban J connectivity index is 1.89. The number of nitrogens with one attached hydrogen (secondary N) is 2. The first-order chi connectivity index (χ1) is 14.5. The molecule has 0 spiro atoms. The zero-order valence-electron chi connectivity index (χ0n) is 16.9. The van der Waals surface area contributed by atoms with E-state index in [4.69, 9.17) is 5.73 Å². The van der Waals surface area contributed by atoms with Crippen LogP contribution >= 0.6 is 0 Å². The number of rotatable bonds is 11. The largest absolute Gasteiger partial charge is 0.346 e. The Morgan fingerprint density at radius 3 is 2.03 bits per heavy atom. The molecule has 2 aromatic carbocycles. The molecule has 11 heteroatoms. The Bertz CT molecular complexity index is 1120. The van der Waals surface area contributed by atoms with Crippen LogP contribution in [0.4, 0.5) is 0 Å². The normalized spacial score (nSPS) is 13.9. The summed E-state index contributed by atoms with van der Waals surface area (Å²) in [5.74, 6) is -2.05. The summed E-state index contributed by atoms with van der Waals surface area (Å²) in [4.78, 5) is 22.1. The lowest BCUT2D eigenvalue weighted by Gasteiger charge is -2.23. The maximum atomic E-state index is 12.6. The fraction of sp³-hybridized carbons (Fsp3) is 0.300. The molecule has 0 saturated heterocycles. The fourth-order valence-corrected chi connectivity index (χ4v) is 4.84. The highest BCUT2D eigenvalue weighted by Gasteiger charge is 2.42. The van der Waals surface area contributed by atoms with Gasteiger partial charge in [0.05, 0.1) is 23.7 Å². The van der Waals surface area contributed by atoms with Gasteiger partial charge >= 0.3 is 0 Å². The molecular formula is C20H25N3O6S2. The highest BCUT2D eigenvalue weighted by Crippen LogP contribution is 2.14. The van der Waals surface area contributed by atoms with E-state index in [1.54, 1.807) is 36.4 Å². The van der Waals surface area contributed by atoms with Gasteiger partial charge in [-0.3, -0.25) is 9.59 Å². The minimum atomic E-state index is -4.03. The van der Waals surface area contributed by atoms with Crippen molar-refractivity contribution in [3.63, 3.8) is 0 Å². The maximum absolute atomic E-state index is 12.6. The third-order valence-corrected chi connectivity index (χ3v) is 8.19. The Morgan fingerprint density at radius 2 is 1.45 bits per heavy atom. The highest BCUT2D eigenvalue weighted by molar-refractivity contribution is 7.93. The molecule has 9 nitrogen and oxygen atoms in total. The minimum absolute atomic E-state index is 0.00845. The number of ketones is 1. The molecule has 1 amide bonds. The lowest BCUT2D eigenvalue weighted by atomic mass is 10.2. The number of carbonyl (C=O) groups is 2. The van der Waals surface area contributed by atoms with E-state index in [0.717, 1.165) is 12.5 Å². The quantitative estimate of drug-likeness (QED) is 0.420. The van der Waals surface area contributed by atoms with Gasteiger partial charge in [0.1, 0.15) is 0 Å². The molecule has 0 saturated carbocycles. The van der Waals surface area contributed by atoms with Gasteiger partial charge in [0.2, 0.25) is 10.0 Å². The van der Waals surface area contributed by atoms with E-state index in [9.17, 15) is 26.4 Å². The minimum Gasteiger partial charge on any atom is -0.346 e. The lowest BCUT2D eigenvalue weighted by molar-refractivity contribution is -0.126. The summed E-state index contributed by atoms with van der Waals surface area (Å²) in [5.41, 5.74) is 6.57. The van der Waals surface area contributed by atoms with Gasteiger partial charge in [0.15, 0.2) is 20.5 Å². The summed E-state index contributed by atoms with van der Waals surface area (Å²) in [5, 5.41) is 2.18. The summed E-state index contributed by atoms with van der Waals surface area (Å²) in [7, 11) is -7.92. The molecule has 31 heavy (non-hydrogen) atoms. The number of aryl methyl sites for hydroxylation is 1. The maximum Gasteiger partial charge on any atom is 0.255 e. The van der Waals surface area contributed by atoms with Gasteiger partial charge < -0.3 is 11.1 Å². The number of sulfonamides is 1. The van der Waals surface area contributed by atoms with Gasteiger partial charge in [-0.2, -0.15) is 0 Å². The molecule has 0 aliphatic rings. The first-order valence-electron chi connectivity index (χ1n) is 9.35. The number of sulfone groups is 1. The molecule has 0 heterocycles. The molecular weight excluding hydrogens is 442 g/mol. The SMILES string of the molecule is CC(N)(C(=O)NCC(=O)CNS(=O)(=O)c1ccccc1)S(=O)(=O)CCc1ccccc1. The molecule has 0 aromatic heterocycles. The lowest BCUT2D eigenvalue weighted by Crippen LogP contribution is -2.58. The van der Waals surface area contributed by atoms with Crippen LogP contribution in [0.5, 0.6) is 0 Å². The Kier molecular flexibility index (Phi) is 8.07. The van der Waals surface area contributed by atoms with Crippen LogP contribution in [0.2, 0.25) is 0 Å². The smallest absolute Gasteiger partial charge is 0.255 e. The third kappa shape index (κ3) is 6.69. The number of benzene rings is 2. The average molecular weight is 468 g/mol. The first-order valence-corrected chi connectivity index (χ1v) is 12.5. The molecule has 0 bridgehead atoms. The fourth-order valence-electron chi connectivity index (χ4n) is 2.53. The number of nitrogens with two attached hydrogens (primary N) is 1. The molecule has 4 N–H and O–H groups in total. The van der Waals surface area contributed by atoms with Crippen molar-refractivity contribution >= 4 is 31.6 Å². The van der Waals surface area contributed by atoms with Crippen LogP contribution in [-0.2, 0) is 35.9 Å². The van der Waals surface area contributed by atoms with E-state index in [-0.39, 0.29) is 17.1 Å². The van der Waals surface area contributed by atoms with Gasteiger partial charge in [-0.05, 0) is 31.0 Å². The summed E-state index contributed by atoms with van der Waals surface area (Å²) < 4.78 is 51.5. The van der Waals surface area contributed by atoms with E-state index in [1.807, 2.05) is 0 Å². The molecule has 1 unspecified atom stereocenters. The van der Waals surface area contributed by atoms with Crippen LogP contribution in [0.1, 0.15) is 12.5 Å². The molecule has 0 radical (unpaired) electrons. The molecule has 0 aliphatic heterocycles. The average Bonchev–Trinajstić information content (AvgIpc) is 2.76. The predicted molar refractivity (Wildman–Crippen MR) is 116 cm³/mol. The number of hydrogen-bond donors (Lipinski definition) is 3. The third-order valence-electron chi connectivity index (χ3n) is 4.56. The Hall–Kier alpha value is -2.60. The van der Waals surface area contributed by atoms with Gasteiger partial charge in [-0.25, -0.2) is 21.6 Å². The predicted octanol–water partition coefficient (Wildman–Crippen LogP) is -0.0174. The molecule has 2 rings (SSSR count). The second-order valence-electron chi connectivity index (χ2n) is 7.02. The Morgan fingerprint density at radius 1 is 0.903 bits per heavy atom. The summed E-state index contributed by atoms with van der Waals surface area (Å²) in [6, 6.07) is 16.3. The van der Waals surface area contributed by atoms with Gasteiger partial charge in [0, 0.05) is 0 Å². The van der Waals surface area contributed by atoms with Crippen LogP contribution in [0.15, 0.2) is 65.6 Å². The van der Waals surface area contributed by atoms with Crippen molar-refractivity contribution in [2.45, 2.75) is 23.1 Å². The number of hydrogen-bond acceptors (Lipinski definition) is 7. The highest BCUT2D eigenvalue weighted by atomic mass is 32.2. The summed E-state index contributed by atoms with van der Waals surface area (Å²) in [6.45, 7) is -0.0814. The second kappa shape index (κ2) is 10.1. The Labute approximate surface area is 182 Å². The van der Waals surface area contributed by atoms with Crippen LogP contribution in [0, 0.1) is 0 Å². The van der Waals surface area contributed by atoms with Gasteiger partial charge in [0.25, 0.3) is 5.91 Å². The van der Waals surface area contributed by atoms with Gasteiger partial charge in [-0.15, -0.1) is 0 Å². The van der Waals surface area contributed by atoms with Crippen LogP contribution in [0.3, 0.4) is 0 Å². The van der Waals surface area contributed by atoms with Crippen molar-refractivity contribution in [3.05, 3.63) is 66.2 Å². The van der Waals surface area contributed by atoms with Crippen molar-refractivity contribution in [3.8, 4) is 0 Å². The van der Waals surface area contributed by atoms with E-state index in [1.165, 1.54) is 24.3 Å². The van der Waals surface area contributed by atoms with Crippen LogP contribution in [0.25, 0.3) is 0 Å². The van der Waals surface area contributed by atoms with Crippen molar-refractivity contribution in [2.75, 3.05) is 18.8 Å². The zero-order valence-corrected chi connectivity index (χ0v) is 18.6. The van der Waals surface area contributed by atoms with Crippen molar-refractivity contribution in [2.24, 2.45) is 5.73 Å². The van der Waals surface area contributed by atoms with E-state index >= 15 is 0 Å². The summed E-state index contributed by atoms with van der Waals surface area (Å²) >= 11 is 0. The first kappa shape index (κ1) is 24.7. The number of amides is 1. The summed E-state index contributed by atoms with van der Waals surface area (Å²) in [6.07, 6.45) is 0.184. The number of carbonyl (C=O) groups excluding carboxylic acids is 2. The molecule has 0 aliphatic carbocycles. The molecule has 1 atom stereocenters. The molecule has 2 aromatic rings. The van der Waals surface area contributed by atoms with Crippen LogP contribution < -0.4 is 15.8 Å². The van der Waals surface area contributed by atoms with Crippen molar-refractivity contribution in [1.29, 1.82) is 0 Å². The molecule has 168 valence electrons. The number of Topliss-reactive ketones (excluding diaryl/α,β-unsaturated/α-hetero) is 1. The topological polar surface area (TPSA) is 152 Å². The monoisotopic (exact) mass is 467 g/mol. The van der Waals surface area contributed by atoms with Crippen LogP contribution in [-0.4, -0.2) is 52.2 Å². The second-order valence-corrected chi connectivity index (χ2v) is 11.3. The van der Waals surface area contributed by atoms with Crippen molar-refractivity contribution < 1.29 is 26.4 Å². The molecule has 0 fully saturated rings. The zero-order chi connectivity index (χ0) is 23.1. The van der Waals surface area contributed by atoms with Crippen molar-refractivity contribution in [1.82, 2.24) is 10.0 Å². The standard InChI is InChI=1S/C20H25N3O6S2/c1-20(21,30(26,27)13-12-16-8-4-2-5-9-16)19(25)22-14-17(24)15-23-31(28,29)18-10-6-3-7-11-18/h2-11,23H,12-15,21H2,1H3,(H,22,25). The van der Waals surface area contributed by atoms with E-state index in [0.29, 0.717) is 0 Å². The van der Waals surface area contributed by atoms with E-state index in [2.05, 4.69) is 10.0 Å². The van der Waals surface area contributed by atoms with E-state index < -0.39 is 49.5 Å².